The summed E-state index contributed by atoms with van der Waals surface area (Å²) in [4.78, 5) is 38.6. The molecule has 0 spiro atoms. The molecule has 2 fully saturated rings. The molecule has 2 aliphatic heterocycles. The van der Waals surface area contributed by atoms with Gasteiger partial charge in [-0.3, -0.25) is 14.4 Å². The molecule has 6 heteroatoms. The minimum absolute atomic E-state index is 0.00790. The minimum atomic E-state index is -0.841. The second kappa shape index (κ2) is 6.32. The van der Waals surface area contributed by atoms with Crippen molar-refractivity contribution in [3.8, 4) is 0 Å². The number of carboxylic acids is 1. The molecule has 1 aliphatic carbocycles. The Morgan fingerprint density at radius 1 is 1.04 bits per heavy atom. The molecule has 1 saturated carbocycles. The second-order valence-corrected chi connectivity index (χ2v) is 7.78. The number of carbonyl (C=O) groups is 2. The first-order chi connectivity index (χ1) is 12.0. The van der Waals surface area contributed by atoms with Gasteiger partial charge in [-0.05, 0) is 31.2 Å². The van der Waals surface area contributed by atoms with E-state index in [1.807, 2.05) is 15.5 Å². The zero-order valence-electron chi connectivity index (χ0n) is 14.3. The average molecular weight is 344 g/mol. The Hall–Kier alpha value is -2.11. The number of nitrogens with zero attached hydrogens (tertiary/aromatic N) is 2. The molecule has 1 saturated heterocycles. The molecule has 6 nitrogen and oxygen atoms in total. The van der Waals surface area contributed by atoms with Crippen molar-refractivity contribution in [2.24, 2.45) is 17.8 Å². The summed E-state index contributed by atoms with van der Waals surface area (Å²) in [6, 6.07) is 5.36. The van der Waals surface area contributed by atoms with Crippen LogP contribution in [0.5, 0.6) is 0 Å². The Bertz CT molecular complexity index is 756. The van der Waals surface area contributed by atoms with E-state index in [0.717, 1.165) is 25.0 Å². The molecule has 2 bridgehead atoms. The summed E-state index contributed by atoms with van der Waals surface area (Å²) in [7, 11) is 0. The first kappa shape index (κ1) is 16.4. The normalized spacial score (nSPS) is 31.3. The summed E-state index contributed by atoms with van der Waals surface area (Å²) < 4.78 is 1.85. The number of carbonyl (C=O) groups excluding carboxylic acids is 1. The third-order valence-electron chi connectivity index (χ3n) is 6.19. The van der Waals surface area contributed by atoms with E-state index in [9.17, 15) is 19.5 Å². The minimum Gasteiger partial charge on any atom is -0.481 e. The van der Waals surface area contributed by atoms with Crippen LogP contribution >= 0.6 is 0 Å². The molecule has 1 N–H and O–H groups in total. The van der Waals surface area contributed by atoms with Crippen molar-refractivity contribution in [1.82, 2.24) is 9.47 Å². The lowest BCUT2D eigenvalue weighted by Gasteiger charge is -2.44. The lowest BCUT2D eigenvalue weighted by molar-refractivity contribution is -0.153. The van der Waals surface area contributed by atoms with Gasteiger partial charge in [0.25, 0.3) is 5.56 Å². The summed E-state index contributed by atoms with van der Waals surface area (Å²) in [6.45, 7) is 1.89. The Morgan fingerprint density at radius 3 is 2.56 bits per heavy atom. The third kappa shape index (κ3) is 2.87. The zero-order valence-corrected chi connectivity index (χ0v) is 14.3. The number of piperidine rings is 1. The highest BCUT2D eigenvalue weighted by molar-refractivity contribution is 5.85. The van der Waals surface area contributed by atoms with Crippen molar-refractivity contribution in [2.45, 2.75) is 44.6 Å². The third-order valence-corrected chi connectivity index (χ3v) is 6.19. The molecule has 0 unspecified atom stereocenters. The molecule has 1 aromatic heterocycles. The summed E-state index contributed by atoms with van der Waals surface area (Å²) in [6.07, 6.45) is 4.10. The number of aliphatic carboxylic acids is 1. The van der Waals surface area contributed by atoms with Crippen LogP contribution in [0, 0.1) is 17.8 Å². The van der Waals surface area contributed by atoms with Crippen LogP contribution in [0.4, 0.5) is 0 Å². The van der Waals surface area contributed by atoms with E-state index in [-0.39, 0.29) is 29.2 Å². The van der Waals surface area contributed by atoms with E-state index in [4.69, 9.17) is 0 Å². The molecule has 4 atom stereocenters. The molecule has 3 aliphatic rings. The van der Waals surface area contributed by atoms with Gasteiger partial charge in [0, 0.05) is 37.3 Å². The Labute approximate surface area is 146 Å². The highest BCUT2D eigenvalue weighted by atomic mass is 16.4. The quantitative estimate of drug-likeness (QED) is 0.885. The molecule has 0 radical (unpaired) electrons. The maximum atomic E-state index is 13.1. The number of amides is 1. The molecule has 25 heavy (non-hydrogen) atoms. The lowest BCUT2D eigenvalue weighted by Crippen LogP contribution is -2.52. The highest BCUT2D eigenvalue weighted by Crippen LogP contribution is 2.38. The van der Waals surface area contributed by atoms with Gasteiger partial charge >= 0.3 is 5.97 Å². The van der Waals surface area contributed by atoms with Crippen molar-refractivity contribution >= 4 is 11.9 Å². The van der Waals surface area contributed by atoms with Gasteiger partial charge in [-0.25, -0.2) is 0 Å². The fourth-order valence-electron chi connectivity index (χ4n) is 5.03. The maximum absolute atomic E-state index is 13.1. The van der Waals surface area contributed by atoms with Crippen molar-refractivity contribution in [1.29, 1.82) is 0 Å². The summed E-state index contributed by atoms with van der Waals surface area (Å²) in [5, 5.41) is 9.47. The molecule has 134 valence electrons. The first-order valence-electron chi connectivity index (χ1n) is 9.26. The smallest absolute Gasteiger partial charge is 0.307 e. The Balaban J connectivity index is 1.56. The predicted molar refractivity (Wildman–Crippen MR) is 91.2 cm³/mol. The number of hydrogen-bond acceptors (Lipinski definition) is 3. The van der Waals surface area contributed by atoms with Crippen LogP contribution in [0.3, 0.4) is 0 Å². The number of rotatable bonds is 2. The van der Waals surface area contributed by atoms with E-state index in [2.05, 4.69) is 0 Å². The topological polar surface area (TPSA) is 79.6 Å². The first-order valence-corrected chi connectivity index (χ1v) is 9.26. The largest absolute Gasteiger partial charge is 0.481 e. The van der Waals surface area contributed by atoms with Gasteiger partial charge in [-0.2, -0.15) is 0 Å². The number of hydrogen-bond donors (Lipinski definition) is 1. The van der Waals surface area contributed by atoms with Gasteiger partial charge in [0.2, 0.25) is 5.91 Å². The van der Waals surface area contributed by atoms with Crippen molar-refractivity contribution < 1.29 is 14.7 Å². The Morgan fingerprint density at radius 2 is 1.80 bits per heavy atom. The molecule has 3 heterocycles. The summed E-state index contributed by atoms with van der Waals surface area (Å²) in [5.41, 5.74) is 1.05. The molecule has 0 aromatic carbocycles. The van der Waals surface area contributed by atoms with E-state index in [1.165, 1.54) is 0 Å². The van der Waals surface area contributed by atoms with Gasteiger partial charge in [-0.1, -0.05) is 18.9 Å². The second-order valence-electron chi connectivity index (χ2n) is 7.78. The van der Waals surface area contributed by atoms with Crippen LogP contribution in [-0.4, -0.2) is 39.5 Å². The van der Waals surface area contributed by atoms with Crippen LogP contribution in [0.25, 0.3) is 0 Å². The maximum Gasteiger partial charge on any atom is 0.307 e. The highest BCUT2D eigenvalue weighted by Gasteiger charge is 2.42. The fourth-order valence-corrected chi connectivity index (χ4v) is 5.03. The van der Waals surface area contributed by atoms with Crippen molar-refractivity contribution in [3.63, 3.8) is 0 Å². The van der Waals surface area contributed by atoms with Crippen molar-refractivity contribution in [2.75, 3.05) is 13.1 Å². The van der Waals surface area contributed by atoms with Crippen LogP contribution in [-0.2, 0) is 16.1 Å². The summed E-state index contributed by atoms with van der Waals surface area (Å²) in [5.74, 6) is -1.30. The van der Waals surface area contributed by atoms with Gasteiger partial charge in [0.15, 0.2) is 0 Å². The number of carboxylic acid groups (broad SMARTS) is 1. The van der Waals surface area contributed by atoms with Gasteiger partial charge in [0.05, 0.1) is 11.8 Å². The van der Waals surface area contributed by atoms with Crippen molar-refractivity contribution in [3.05, 3.63) is 34.2 Å². The van der Waals surface area contributed by atoms with Gasteiger partial charge < -0.3 is 14.6 Å². The number of likely N-dealkylation sites (tertiary alicyclic amines) is 1. The fraction of sp³-hybridized carbons (Fsp3) is 0.632. The van der Waals surface area contributed by atoms with Crippen LogP contribution < -0.4 is 5.56 Å². The average Bonchev–Trinajstić information content (AvgIpc) is 2.62. The van der Waals surface area contributed by atoms with E-state index in [1.54, 1.807) is 12.1 Å². The lowest BCUT2D eigenvalue weighted by atomic mass is 9.77. The summed E-state index contributed by atoms with van der Waals surface area (Å²) >= 11 is 0. The van der Waals surface area contributed by atoms with E-state index in [0.29, 0.717) is 32.5 Å². The van der Waals surface area contributed by atoms with E-state index < -0.39 is 11.9 Å². The van der Waals surface area contributed by atoms with E-state index >= 15 is 0 Å². The number of aromatic nitrogens is 1. The molecular formula is C19H24N2O4. The number of pyridine rings is 1. The molecule has 1 aromatic rings. The Kier molecular flexibility index (Phi) is 4.13. The molecule has 4 rings (SSSR count). The van der Waals surface area contributed by atoms with Crippen LogP contribution in [0.2, 0.25) is 0 Å². The van der Waals surface area contributed by atoms with Gasteiger partial charge in [-0.15, -0.1) is 0 Å². The SMILES string of the molecule is O=C(O)[C@H]1CCCC[C@H]1C(=O)N1C[C@@H]2C[C@@H](C1)c1cccc(=O)n1C2. The molecule has 1 amide bonds. The van der Waals surface area contributed by atoms with Crippen LogP contribution in [0.15, 0.2) is 23.0 Å². The molecular weight excluding hydrogens is 320 g/mol. The monoisotopic (exact) mass is 344 g/mol. The standard InChI is InChI=1S/C19H24N2O4/c22-17-7-3-6-16-13-8-12(10-21(16)17)9-20(11-13)18(23)14-4-1-2-5-15(14)19(24)25/h3,6-7,12-15H,1-2,4-5,8-11H2,(H,24,25)/t12-,13-,14+,15-/m0/s1. The van der Waals surface area contributed by atoms with Gasteiger partial charge in [0.1, 0.15) is 0 Å². The number of fused-ring (bicyclic) bond motifs is 4. The zero-order chi connectivity index (χ0) is 17.6. The van der Waals surface area contributed by atoms with Crippen LogP contribution in [0.1, 0.15) is 43.7 Å². The predicted octanol–water partition coefficient (Wildman–Crippen LogP) is 1.69.